The smallest absolute Gasteiger partial charge is 0.452 e. The van der Waals surface area contributed by atoms with Gasteiger partial charge in [0.05, 0.1) is 0 Å². The van der Waals surface area contributed by atoms with Crippen LogP contribution in [0.25, 0.3) is 0 Å². The molecule has 6 nitrogen and oxygen atoms in total. The second-order valence-corrected chi connectivity index (χ2v) is 10.6. The number of carbonyl (C=O) groups excluding carboxylic acids is 3. The number of rotatable bonds is 3. The second kappa shape index (κ2) is 7.46. The van der Waals surface area contributed by atoms with Crippen molar-refractivity contribution >= 4 is 17.5 Å². The van der Waals surface area contributed by atoms with E-state index in [1.165, 1.54) is 26.0 Å². The number of ether oxygens (including phenoxy) is 1. The molecule has 0 radical (unpaired) electrons. The largest absolute Gasteiger partial charge is 0.490 e. The number of fused-ring (bicyclic) bond motifs is 5. The van der Waals surface area contributed by atoms with Gasteiger partial charge in [-0.05, 0) is 44.1 Å². The molecule has 4 aliphatic carbocycles. The minimum Gasteiger partial charge on any atom is -0.452 e. The highest BCUT2D eigenvalue weighted by atomic mass is 19.4. The number of ketones is 2. The monoisotopic (exact) mass is 488 g/mol. The molecule has 10 heteroatoms. The van der Waals surface area contributed by atoms with Gasteiger partial charge in [-0.1, -0.05) is 31.6 Å². The maximum Gasteiger partial charge on any atom is 0.490 e. The van der Waals surface area contributed by atoms with Gasteiger partial charge in [0.25, 0.3) is 0 Å². The Balaban J connectivity index is 1.91. The summed E-state index contributed by atoms with van der Waals surface area (Å²) in [6, 6.07) is 0. The van der Waals surface area contributed by atoms with Gasteiger partial charge in [-0.15, -0.1) is 0 Å². The molecule has 8 atom stereocenters. The molecule has 0 heterocycles. The SMILES string of the molecule is C[C@H]1CC2C3CC=C4CC(=O)C=C[C@]4(C)[C@@]3(F)[C@@H](OC(=O)C(F)(F)F)C[C@]2(C)[C@@]1(O)C(=O)CO. The number of allylic oxidation sites excluding steroid dienone is 4. The lowest BCUT2D eigenvalue weighted by atomic mass is 9.45. The molecular weight excluding hydrogens is 460 g/mol. The molecule has 0 aromatic heterocycles. The van der Waals surface area contributed by atoms with Gasteiger partial charge in [-0.3, -0.25) is 9.59 Å². The fourth-order valence-corrected chi connectivity index (χ4v) is 7.45. The fraction of sp³-hybridized carbons (Fsp3) is 0.708. The summed E-state index contributed by atoms with van der Waals surface area (Å²) in [4.78, 5) is 36.6. The lowest BCUT2D eigenvalue weighted by molar-refractivity contribution is -0.246. The Morgan fingerprint density at radius 2 is 1.88 bits per heavy atom. The van der Waals surface area contributed by atoms with E-state index in [1.807, 2.05) is 0 Å². The fourth-order valence-electron chi connectivity index (χ4n) is 7.45. The molecule has 0 amide bonds. The van der Waals surface area contributed by atoms with Crippen LogP contribution in [0.2, 0.25) is 0 Å². The summed E-state index contributed by atoms with van der Waals surface area (Å²) in [6.45, 7) is 3.56. The third-order valence-electron chi connectivity index (χ3n) is 9.21. The minimum atomic E-state index is -5.38. The Morgan fingerprint density at radius 3 is 2.47 bits per heavy atom. The van der Waals surface area contributed by atoms with Crippen molar-refractivity contribution in [3.8, 4) is 0 Å². The number of halogens is 4. The van der Waals surface area contributed by atoms with Crippen LogP contribution < -0.4 is 0 Å². The van der Waals surface area contributed by atoms with Gasteiger partial charge in [0.2, 0.25) is 0 Å². The van der Waals surface area contributed by atoms with Crippen LogP contribution >= 0.6 is 0 Å². The predicted molar refractivity (Wildman–Crippen MR) is 110 cm³/mol. The minimum absolute atomic E-state index is 0.0407. The number of alkyl halides is 4. The average molecular weight is 488 g/mol. The van der Waals surface area contributed by atoms with Crippen molar-refractivity contribution in [1.82, 2.24) is 0 Å². The van der Waals surface area contributed by atoms with Crippen molar-refractivity contribution < 1.29 is 46.9 Å². The topological polar surface area (TPSA) is 101 Å². The van der Waals surface area contributed by atoms with Crippen LogP contribution in [0.15, 0.2) is 23.8 Å². The van der Waals surface area contributed by atoms with E-state index in [0.717, 1.165) is 0 Å². The number of Topliss-reactive ketones (excluding diaryl/α,β-unsaturated/α-hetero) is 1. The normalized spacial score (nSPS) is 45.7. The third kappa shape index (κ3) is 2.96. The summed E-state index contributed by atoms with van der Waals surface area (Å²) < 4.78 is 61.9. The molecule has 34 heavy (non-hydrogen) atoms. The molecule has 2 saturated carbocycles. The Labute approximate surface area is 194 Å². The van der Waals surface area contributed by atoms with Gasteiger partial charge in [-0.2, -0.15) is 13.2 Å². The quantitative estimate of drug-likeness (QED) is 0.360. The van der Waals surface area contributed by atoms with Gasteiger partial charge in [0.1, 0.15) is 18.3 Å². The van der Waals surface area contributed by atoms with E-state index in [0.29, 0.717) is 5.57 Å². The highest BCUT2D eigenvalue weighted by Gasteiger charge is 2.76. The van der Waals surface area contributed by atoms with E-state index in [2.05, 4.69) is 0 Å². The molecule has 0 aliphatic heterocycles. The lowest BCUT2D eigenvalue weighted by Gasteiger charge is -2.62. The lowest BCUT2D eigenvalue weighted by Crippen LogP contribution is -2.70. The highest BCUT2D eigenvalue weighted by molar-refractivity contribution is 5.93. The van der Waals surface area contributed by atoms with E-state index in [-0.39, 0.29) is 25.0 Å². The first-order chi connectivity index (χ1) is 15.6. The summed E-state index contributed by atoms with van der Waals surface area (Å²) in [7, 11) is 0. The molecule has 0 aromatic carbocycles. The number of esters is 1. The molecule has 0 aromatic rings. The van der Waals surface area contributed by atoms with Crippen LogP contribution in [-0.4, -0.2) is 57.9 Å². The maximum absolute atomic E-state index is 17.5. The van der Waals surface area contributed by atoms with Crippen LogP contribution in [0.5, 0.6) is 0 Å². The van der Waals surface area contributed by atoms with Crippen LogP contribution in [0, 0.1) is 28.6 Å². The summed E-state index contributed by atoms with van der Waals surface area (Å²) in [6.07, 6.45) is -3.53. The Kier molecular flexibility index (Phi) is 5.50. The highest BCUT2D eigenvalue weighted by Crippen LogP contribution is 2.70. The molecule has 4 rings (SSSR count). The summed E-state index contributed by atoms with van der Waals surface area (Å²) in [5, 5.41) is 21.1. The number of hydrogen-bond donors (Lipinski definition) is 2. The molecule has 0 saturated heterocycles. The summed E-state index contributed by atoms with van der Waals surface area (Å²) >= 11 is 0. The van der Waals surface area contributed by atoms with Crippen molar-refractivity contribution in [2.45, 2.75) is 70.0 Å². The molecule has 4 aliphatic rings. The number of carbonyl (C=O) groups is 3. The van der Waals surface area contributed by atoms with Crippen molar-refractivity contribution in [3.63, 3.8) is 0 Å². The average Bonchev–Trinajstić information content (AvgIpc) is 2.95. The van der Waals surface area contributed by atoms with E-state index < -0.39 is 76.9 Å². The van der Waals surface area contributed by atoms with E-state index in [1.54, 1.807) is 13.0 Å². The molecule has 2 fully saturated rings. The van der Waals surface area contributed by atoms with Crippen molar-refractivity contribution in [2.24, 2.45) is 28.6 Å². The van der Waals surface area contributed by atoms with E-state index in [9.17, 15) is 37.8 Å². The summed E-state index contributed by atoms with van der Waals surface area (Å²) in [5.41, 5.74) is -7.24. The molecular formula is C24H28F4O6. The standard InChI is InChI=1S/C24H28F4O6/c1-12-8-16-15-5-4-13-9-14(30)6-7-20(13,2)22(15,25)18(34-19(32)24(26,27)28)10-21(16,3)23(12,33)17(31)11-29/h4,6-7,12,15-16,18,29,33H,5,8-11H2,1-3H3/t12-,15?,16?,18-,20-,21-,22-,23-/m0/s1. The van der Waals surface area contributed by atoms with E-state index in [4.69, 9.17) is 4.74 Å². The van der Waals surface area contributed by atoms with Crippen molar-refractivity contribution in [1.29, 1.82) is 0 Å². The first kappa shape index (κ1) is 25.0. The summed E-state index contributed by atoms with van der Waals surface area (Å²) in [5.74, 6) is -6.12. The van der Waals surface area contributed by atoms with E-state index >= 15 is 4.39 Å². The number of hydrogen-bond acceptors (Lipinski definition) is 6. The first-order valence-corrected chi connectivity index (χ1v) is 11.3. The van der Waals surface area contributed by atoms with Crippen molar-refractivity contribution in [2.75, 3.05) is 6.61 Å². The van der Waals surface area contributed by atoms with Crippen molar-refractivity contribution in [3.05, 3.63) is 23.8 Å². The first-order valence-electron chi connectivity index (χ1n) is 11.3. The second-order valence-electron chi connectivity index (χ2n) is 10.6. The molecule has 2 unspecified atom stereocenters. The van der Waals surface area contributed by atoms with Crippen LogP contribution in [0.3, 0.4) is 0 Å². The molecule has 0 bridgehead atoms. The Morgan fingerprint density at radius 1 is 1.24 bits per heavy atom. The zero-order valence-corrected chi connectivity index (χ0v) is 19.1. The van der Waals surface area contributed by atoms with Crippen LogP contribution in [-0.2, 0) is 19.1 Å². The number of aliphatic hydroxyl groups excluding tert-OH is 1. The van der Waals surface area contributed by atoms with Gasteiger partial charge in [0, 0.05) is 23.2 Å². The molecule has 2 N–H and O–H groups in total. The Bertz CT molecular complexity index is 1000. The van der Waals surface area contributed by atoms with Gasteiger partial charge < -0.3 is 14.9 Å². The zero-order valence-electron chi connectivity index (χ0n) is 19.1. The van der Waals surface area contributed by atoms with Gasteiger partial charge >= 0.3 is 12.1 Å². The van der Waals surface area contributed by atoms with Crippen LogP contribution in [0.1, 0.15) is 46.5 Å². The predicted octanol–water partition coefficient (Wildman–Crippen LogP) is 3.01. The maximum atomic E-state index is 17.5. The number of aliphatic hydroxyl groups is 2. The van der Waals surface area contributed by atoms with Crippen LogP contribution in [0.4, 0.5) is 17.6 Å². The van der Waals surface area contributed by atoms with Gasteiger partial charge in [-0.25, -0.2) is 9.18 Å². The third-order valence-corrected chi connectivity index (χ3v) is 9.21. The Hall–Kier alpha value is -2.07. The zero-order chi connectivity index (χ0) is 25.5. The molecule has 188 valence electrons. The van der Waals surface area contributed by atoms with Gasteiger partial charge in [0.15, 0.2) is 17.2 Å². The molecule has 0 spiro atoms.